The van der Waals surface area contributed by atoms with Crippen LogP contribution in [-0.2, 0) is 11.3 Å². The SMILES string of the molecule is CN(Cc1ccccc1)[C@@H]1[C@H](O)[C@H](CO)O[C@@H]1CN. The highest BCUT2D eigenvalue weighted by molar-refractivity contribution is 5.15. The van der Waals surface area contributed by atoms with Crippen LogP contribution in [0.3, 0.4) is 0 Å². The molecule has 5 heteroatoms. The molecule has 4 atom stereocenters. The van der Waals surface area contributed by atoms with Crippen LogP contribution in [0.5, 0.6) is 0 Å². The molecule has 2 rings (SSSR count). The predicted octanol–water partition coefficient (Wildman–Crippen LogP) is -0.434. The van der Waals surface area contributed by atoms with Crippen molar-refractivity contribution in [2.24, 2.45) is 5.73 Å². The quantitative estimate of drug-likeness (QED) is 0.674. The average Bonchev–Trinajstić information content (AvgIpc) is 2.76. The maximum Gasteiger partial charge on any atom is 0.109 e. The third-order valence-electron chi connectivity index (χ3n) is 3.66. The van der Waals surface area contributed by atoms with Crippen molar-refractivity contribution in [3.8, 4) is 0 Å². The Bertz CT molecular complexity index is 386. The summed E-state index contributed by atoms with van der Waals surface area (Å²) in [6.45, 7) is 0.852. The van der Waals surface area contributed by atoms with E-state index in [2.05, 4.69) is 0 Å². The normalized spacial score (nSPS) is 31.0. The van der Waals surface area contributed by atoms with Crippen molar-refractivity contribution in [3.05, 3.63) is 35.9 Å². The molecule has 0 aromatic heterocycles. The third-order valence-corrected chi connectivity index (χ3v) is 3.66. The van der Waals surface area contributed by atoms with E-state index in [1.54, 1.807) is 0 Å². The minimum atomic E-state index is -0.715. The number of hydrogen-bond donors (Lipinski definition) is 3. The molecule has 1 saturated heterocycles. The highest BCUT2D eigenvalue weighted by atomic mass is 16.5. The molecule has 106 valence electrons. The Kier molecular flexibility index (Phi) is 4.90. The molecular weight excluding hydrogens is 244 g/mol. The number of aliphatic hydroxyl groups is 2. The van der Waals surface area contributed by atoms with E-state index in [1.165, 1.54) is 5.56 Å². The Balaban J connectivity index is 2.06. The topological polar surface area (TPSA) is 79.0 Å². The van der Waals surface area contributed by atoms with Gasteiger partial charge in [-0.2, -0.15) is 0 Å². The fraction of sp³-hybridized carbons (Fsp3) is 0.571. The van der Waals surface area contributed by atoms with Crippen LogP contribution in [-0.4, -0.2) is 59.7 Å². The second-order valence-electron chi connectivity index (χ2n) is 5.01. The molecule has 0 unspecified atom stereocenters. The maximum atomic E-state index is 10.2. The first-order chi connectivity index (χ1) is 9.17. The lowest BCUT2D eigenvalue weighted by atomic mass is 10.0. The maximum absolute atomic E-state index is 10.2. The molecule has 1 aromatic carbocycles. The van der Waals surface area contributed by atoms with Crippen molar-refractivity contribution < 1.29 is 14.9 Å². The molecule has 0 radical (unpaired) electrons. The number of ether oxygens (including phenoxy) is 1. The summed E-state index contributed by atoms with van der Waals surface area (Å²) in [5.74, 6) is 0. The van der Waals surface area contributed by atoms with E-state index in [9.17, 15) is 10.2 Å². The molecule has 0 saturated carbocycles. The van der Waals surface area contributed by atoms with Crippen LogP contribution in [0, 0.1) is 0 Å². The monoisotopic (exact) mass is 266 g/mol. The first kappa shape index (κ1) is 14.4. The lowest BCUT2D eigenvalue weighted by Gasteiger charge is -2.30. The summed E-state index contributed by atoms with van der Waals surface area (Å²) < 4.78 is 5.58. The molecule has 0 bridgehead atoms. The Morgan fingerprint density at radius 2 is 1.95 bits per heavy atom. The molecule has 4 N–H and O–H groups in total. The van der Waals surface area contributed by atoms with Crippen LogP contribution < -0.4 is 5.73 Å². The number of hydrogen-bond acceptors (Lipinski definition) is 5. The second kappa shape index (κ2) is 6.45. The summed E-state index contributed by atoms with van der Waals surface area (Å²) in [5, 5.41) is 19.4. The van der Waals surface area contributed by atoms with Crippen molar-refractivity contribution in [2.75, 3.05) is 20.2 Å². The summed E-state index contributed by atoms with van der Waals surface area (Å²) in [6, 6.07) is 9.84. The van der Waals surface area contributed by atoms with Gasteiger partial charge in [-0.25, -0.2) is 0 Å². The van der Waals surface area contributed by atoms with Gasteiger partial charge in [0.15, 0.2) is 0 Å². The summed E-state index contributed by atoms with van der Waals surface area (Å²) in [4.78, 5) is 2.03. The van der Waals surface area contributed by atoms with Crippen LogP contribution in [0.4, 0.5) is 0 Å². The van der Waals surface area contributed by atoms with Crippen LogP contribution in [0.15, 0.2) is 30.3 Å². The molecule has 1 heterocycles. The van der Waals surface area contributed by atoms with Gasteiger partial charge in [0.1, 0.15) is 12.2 Å². The lowest BCUT2D eigenvalue weighted by Crippen LogP contribution is -2.48. The van der Waals surface area contributed by atoms with Gasteiger partial charge in [0, 0.05) is 13.1 Å². The summed E-state index contributed by atoms with van der Waals surface area (Å²) in [5.41, 5.74) is 6.86. The van der Waals surface area contributed by atoms with Crippen molar-refractivity contribution >= 4 is 0 Å². The van der Waals surface area contributed by atoms with Gasteiger partial charge in [-0.1, -0.05) is 30.3 Å². The Labute approximate surface area is 113 Å². The summed E-state index contributed by atoms with van der Waals surface area (Å²) in [7, 11) is 1.94. The van der Waals surface area contributed by atoms with Gasteiger partial charge in [0.2, 0.25) is 0 Å². The largest absolute Gasteiger partial charge is 0.394 e. The Morgan fingerprint density at radius 3 is 2.53 bits per heavy atom. The van der Waals surface area contributed by atoms with Gasteiger partial charge in [-0.3, -0.25) is 4.90 Å². The average molecular weight is 266 g/mol. The van der Waals surface area contributed by atoms with E-state index in [0.717, 1.165) is 0 Å². The summed E-state index contributed by atoms with van der Waals surface area (Å²) >= 11 is 0. The van der Waals surface area contributed by atoms with E-state index < -0.39 is 12.2 Å². The number of benzene rings is 1. The molecule has 0 aliphatic carbocycles. The number of rotatable bonds is 5. The number of aliphatic hydroxyl groups excluding tert-OH is 2. The van der Waals surface area contributed by atoms with Crippen LogP contribution in [0.2, 0.25) is 0 Å². The zero-order chi connectivity index (χ0) is 13.8. The number of likely N-dealkylation sites (N-methyl/N-ethyl adjacent to an activating group) is 1. The molecule has 1 aliphatic rings. The summed E-state index contributed by atoms with van der Waals surface area (Å²) in [6.07, 6.45) is -1.51. The van der Waals surface area contributed by atoms with E-state index in [1.807, 2.05) is 42.3 Å². The second-order valence-corrected chi connectivity index (χ2v) is 5.01. The fourth-order valence-electron chi connectivity index (χ4n) is 2.69. The molecular formula is C14H22N2O3. The molecule has 1 fully saturated rings. The molecule has 1 aliphatic heterocycles. The molecule has 0 spiro atoms. The van der Waals surface area contributed by atoms with Crippen molar-refractivity contribution in [1.82, 2.24) is 4.90 Å². The fourth-order valence-corrected chi connectivity index (χ4v) is 2.69. The van der Waals surface area contributed by atoms with Gasteiger partial charge in [-0.05, 0) is 12.6 Å². The van der Waals surface area contributed by atoms with Gasteiger partial charge in [-0.15, -0.1) is 0 Å². The molecule has 19 heavy (non-hydrogen) atoms. The van der Waals surface area contributed by atoms with Crippen molar-refractivity contribution in [3.63, 3.8) is 0 Å². The van der Waals surface area contributed by atoms with Gasteiger partial charge >= 0.3 is 0 Å². The van der Waals surface area contributed by atoms with E-state index in [-0.39, 0.29) is 18.8 Å². The van der Waals surface area contributed by atoms with Gasteiger partial charge < -0.3 is 20.7 Å². The minimum Gasteiger partial charge on any atom is -0.394 e. The number of nitrogens with two attached hydrogens (primary N) is 1. The Hall–Kier alpha value is -0.980. The zero-order valence-electron chi connectivity index (χ0n) is 11.1. The highest BCUT2D eigenvalue weighted by Crippen LogP contribution is 2.25. The van der Waals surface area contributed by atoms with Crippen LogP contribution in [0.1, 0.15) is 5.56 Å². The molecule has 0 amide bonds. The predicted molar refractivity (Wildman–Crippen MR) is 72.5 cm³/mol. The lowest BCUT2D eigenvalue weighted by molar-refractivity contribution is -0.0193. The number of nitrogens with zero attached hydrogens (tertiary/aromatic N) is 1. The van der Waals surface area contributed by atoms with Gasteiger partial charge in [0.05, 0.1) is 18.8 Å². The van der Waals surface area contributed by atoms with Crippen LogP contribution in [0.25, 0.3) is 0 Å². The minimum absolute atomic E-state index is 0.187. The van der Waals surface area contributed by atoms with Crippen LogP contribution >= 0.6 is 0 Å². The molecule has 5 nitrogen and oxygen atoms in total. The van der Waals surface area contributed by atoms with E-state index in [0.29, 0.717) is 13.1 Å². The van der Waals surface area contributed by atoms with E-state index >= 15 is 0 Å². The molecule has 1 aromatic rings. The first-order valence-corrected chi connectivity index (χ1v) is 6.56. The van der Waals surface area contributed by atoms with Crippen molar-refractivity contribution in [2.45, 2.75) is 30.9 Å². The van der Waals surface area contributed by atoms with E-state index in [4.69, 9.17) is 10.5 Å². The standard InChI is InChI=1S/C14H22N2O3/c1-16(8-10-5-3-2-4-6-10)13-11(7-15)19-12(9-17)14(13)18/h2-6,11-14,17-18H,7-9,15H2,1H3/t11-,12+,13+,14-/m1/s1. The first-order valence-electron chi connectivity index (χ1n) is 6.56. The Morgan fingerprint density at radius 1 is 1.26 bits per heavy atom. The zero-order valence-corrected chi connectivity index (χ0v) is 11.1. The highest BCUT2D eigenvalue weighted by Gasteiger charge is 2.44. The third kappa shape index (κ3) is 3.13. The van der Waals surface area contributed by atoms with Gasteiger partial charge in [0.25, 0.3) is 0 Å². The van der Waals surface area contributed by atoms with Crippen molar-refractivity contribution in [1.29, 1.82) is 0 Å². The smallest absolute Gasteiger partial charge is 0.109 e.